The molecule has 1 N–H and O–H groups in total. The molecular formula is C22H32N4O2. The second-order valence-corrected chi connectivity index (χ2v) is 8.44. The standard InChI is InChI=1S/C22H32N4O2/c1-22(2,3)26-16-18(14-24-26)21(27)23-15-20(25-12-6-5-7-13-25)17-8-10-19(28-4)11-9-17/h8-11,14,16,20H,5-7,12-13,15H2,1-4H3,(H,23,27)/t20-/m1/s1. The molecule has 0 spiro atoms. The van der Waals surface area contributed by atoms with Crippen LogP contribution < -0.4 is 10.1 Å². The van der Waals surface area contributed by atoms with Gasteiger partial charge in [-0.3, -0.25) is 14.4 Å². The molecule has 1 saturated heterocycles. The van der Waals surface area contributed by atoms with E-state index in [1.807, 2.05) is 23.0 Å². The summed E-state index contributed by atoms with van der Waals surface area (Å²) in [5, 5.41) is 7.46. The molecule has 2 aromatic rings. The number of hydrogen-bond acceptors (Lipinski definition) is 4. The van der Waals surface area contributed by atoms with Crippen molar-refractivity contribution in [3.63, 3.8) is 0 Å². The van der Waals surface area contributed by atoms with Crippen LogP contribution in [0.2, 0.25) is 0 Å². The van der Waals surface area contributed by atoms with Crippen molar-refractivity contribution in [1.29, 1.82) is 0 Å². The molecule has 0 radical (unpaired) electrons. The molecule has 6 heteroatoms. The number of carbonyl (C=O) groups excluding carboxylic acids is 1. The minimum Gasteiger partial charge on any atom is -0.497 e. The lowest BCUT2D eigenvalue weighted by Crippen LogP contribution is -2.40. The summed E-state index contributed by atoms with van der Waals surface area (Å²) < 4.78 is 7.11. The number of aromatic nitrogens is 2. The van der Waals surface area contributed by atoms with Crippen molar-refractivity contribution in [2.75, 3.05) is 26.7 Å². The maximum absolute atomic E-state index is 12.7. The van der Waals surface area contributed by atoms with Crippen LogP contribution in [-0.2, 0) is 5.54 Å². The summed E-state index contributed by atoms with van der Waals surface area (Å²) in [5.74, 6) is 0.769. The van der Waals surface area contributed by atoms with Crippen LogP contribution in [0, 0.1) is 0 Å². The molecule has 2 heterocycles. The van der Waals surface area contributed by atoms with E-state index in [1.165, 1.54) is 24.8 Å². The van der Waals surface area contributed by atoms with Crippen LogP contribution in [0.15, 0.2) is 36.7 Å². The van der Waals surface area contributed by atoms with E-state index in [4.69, 9.17) is 4.74 Å². The number of piperidine rings is 1. The number of amides is 1. The van der Waals surface area contributed by atoms with E-state index < -0.39 is 0 Å². The predicted molar refractivity (Wildman–Crippen MR) is 111 cm³/mol. The zero-order valence-corrected chi connectivity index (χ0v) is 17.4. The van der Waals surface area contributed by atoms with Gasteiger partial charge in [-0.25, -0.2) is 0 Å². The van der Waals surface area contributed by atoms with Gasteiger partial charge in [0, 0.05) is 12.7 Å². The monoisotopic (exact) mass is 384 g/mol. The van der Waals surface area contributed by atoms with Crippen LogP contribution in [0.5, 0.6) is 5.75 Å². The molecule has 0 unspecified atom stereocenters. The third-order valence-electron chi connectivity index (χ3n) is 5.32. The van der Waals surface area contributed by atoms with Gasteiger partial charge in [0.1, 0.15) is 5.75 Å². The Bertz CT molecular complexity index is 771. The van der Waals surface area contributed by atoms with Gasteiger partial charge in [0.2, 0.25) is 0 Å². The molecule has 3 rings (SSSR count). The highest BCUT2D eigenvalue weighted by Gasteiger charge is 2.24. The van der Waals surface area contributed by atoms with Gasteiger partial charge < -0.3 is 10.1 Å². The van der Waals surface area contributed by atoms with Gasteiger partial charge in [-0.15, -0.1) is 0 Å². The lowest BCUT2D eigenvalue weighted by Gasteiger charge is -2.35. The minimum atomic E-state index is -0.141. The average molecular weight is 385 g/mol. The van der Waals surface area contributed by atoms with Crippen molar-refractivity contribution < 1.29 is 9.53 Å². The summed E-state index contributed by atoms with van der Waals surface area (Å²) >= 11 is 0. The number of carbonyl (C=O) groups is 1. The van der Waals surface area contributed by atoms with E-state index in [-0.39, 0.29) is 17.5 Å². The van der Waals surface area contributed by atoms with Crippen molar-refractivity contribution in [3.8, 4) is 5.75 Å². The minimum absolute atomic E-state index is 0.0778. The number of hydrogen-bond donors (Lipinski definition) is 1. The number of benzene rings is 1. The Hall–Kier alpha value is -2.34. The van der Waals surface area contributed by atoms with Gasteiger partial charge in [0.25, 0.3) is 5.91 Å². The lowest BCUT2D eigenvalue weighted by molar-refractivity contribution is 0.0924. The predicted octanol–water partition coefficient (Wildman–Crippen LogP) is 3.60. The lowest BCUT2D eigenvalue weighted by atomic mass is 10.0. The van der Waals surface area contributed by atoms with E-state index in [2.05, 4.69) is 48.2 Å². The Kier molecular flexibility index (Phi) is 6.39. The summed E-state index contributed by atoms with van der Waals surface area (Å²) in [7, 11) is 1.68. The number of rotatable bonds is 6. The molecule has 1 amide bonds. The van der Waals surface area contributed by atoms with Crippen LogP contribution in [-0.4, -0.2) is 47.3 Å². The summed E-state index contributed by atoms with van der Waals surface area (Å²) in [6, 6.07) is 8.33. The zero-order chi connectivity index (χ0) is 20.1. The van der Waals surface area contributed by atoms with Crippen LogP contribution >= 0.6 is 0 Å². The first-order valence-electron chi connectivity index (χ1n) is 10.1. The first kappa shape index (κ1) is 20.4. The van der Waals surface area contributed by atoms with Crippen molar-refractivity contribution in [1.82, 2.24) is 20.0 Å². The molecule has 1 aliphatic heterocycles. The van der Waals surface area contributed by atoms with E-state index >= 15 is 0 Å². The smallest absolute Gasteiger partial charge is 0.254 e. The maximum Gasteiger partial charge on any atom is 0.254 e. The Morgan fingerprint density at radius 1 is 1.18 bits per heavy atom. The van der Waals surface area contributed by atoms with Gasteiger partial charge in [-0.2, -0.15) is 5.10 Å². The van der Waals surface area contributed by atoms with Gasteiger partial charge in [-0.1, -0.05) is 18.6 Å². The maximum atomic E-state index is 12.7. The van der Waals surface area contributed by atoms with Crippen LogP contribution in [0.25, 0.3) is 0 Å². The molecule has 152 valence electrons. The fraction of sp³-hybridized carbons (Fsp3) is 0.545. The van der Waals surface area contributed by atoms with E-state index in [1.54, 1.807) is 13.3 Å². The molecule has 1 aromatic heterocycles. The van der Waals surface area contributed by atoms with Gasteiger partial charge in [0.05, 0.1) is 30.5 Å². The highest BCUT2D eigenvalue weighted by atomic mass is 16.5. The topological polar surface area (TPSA) is 59.4 Å². The SMILES string of the molecule is COc1ccc([C@@H](CNC(=O)c2cnn(C(C)(C)C)c2)N2CCCCC2)cc1. The number of nitrogens with one attached hydrogen (secondary N) is 1. The molecule has 1 aromatic carbocycles. The molecule has 1 atom stereocenters. The highest BCUT2D eigenvalue weighted by molar-refractivity contribution is 5.93. The van der Waals surface area contributed by atoms with Crippen molar-refractivity contribution in [2.24, 2.45) is 0 Å². The average Bonchev–Trinajstić information content (AvgIpc) is 3.20. The molecule has 1 fully saturated rings. The second kappa shape index (κ2) is 8.78. The Morgan fingerprint density at radius 3 is 2.43 bits per heavy atom. The summed E-state index contributed by atoms with van der Waals surface area (Å²) in [5.41, 5.74) is 1.66. The molecule has 0 bridgehead atoms. The Morgan fingerprint density at radius 2 is 1.86 bits per heavy atom. The number of methoxy groups -OCH3 is 1. The third-order valence-corrected chi connectivity index (χ3v) is 5.32. The van der Waals surface area contributed by atoms with Crippen LogP contribution in [0.4, 0.5) is 0 Å². The fourth-order valence-electron chi connectivity index (χ4n) is 3.61. The van der Waals surface area contributed by atoms with E-state index in [9.17, 15) is 4.79 Å². The molecular weight excluding hydrogens is 352 g/mol. The molecule has 1 aliphatic rings. The molecule has 0 aliphatic carbocycles. The summed E-state index contributed by atoms with van der Waals surface area (Å²) in [6.07, 6.45) is 7.16. The normalized spacial score (nSPS) is 16.6. The first-order valence-corrected chi connectivity index (χ1v) is 10.1. The second-order valence-electron chi connectivity index (χ2n) is 8.44. The first-order chi connectivity index (χ1) is 13.4. The highest BCUT2D eigenvalue weighted by Crippen LogP contribution is 2.26. The third kappa shape index (κ3) is 4.93. The van der Waals surface area contributed by atoms with Gasteiger partial charge in [-0.05, 0) is 64.4 Å². The van der Waals surface area contributed by atoms with Crippen molar-refractivity contribution in [3.05, 3.63) is 47.8 Å². The quantitative estimate of drug-likeness (QED) is 0.827. The van der Waals surface area contributed by atoms with E-state index in [0.29, 0.717) is 12.1 Å². The van der Waals surface area contributed by atoms with Gasteiger partial charge >= 0.3 is 0 Å². The van der Waals surface area contributed by atoms with Gasteiger partial charge in [0.15, 0.2) is 0 Å². The number of ether oxygens (including phenoxy) is 1. The summed E-state index contributed by atoms with van der Waals surface area (Å²) in [4.78, 5) is 15.2. The Balaban J connectivity index is 1.71. The van der Waals surface area contributed by atoms with E-state index in [0.717, 1.165) is 18.8 Å². The van der Waals surface area contributed by atoms with Crippen molar-refractivity contribution >= 4 is 5.91 Å². The van der Waals surface area contributed by atoms with Crippen molar-refractivity contribution in [2.45, 2.75) is 51.6 Å². The van der Waals surface area contributed by atoms with Crippen LogP contribution in [0.1, 0.15) is 62.0 Å². The number of nitrogens with zero attached hydrogens (tertiary/aromatic N) is 3. The molecule has 6 nitrogen and oxygen atoms in total. The number of likely N-dealkylation sites (tertiary alicyclic amines) is 1. The summed E-state index contributed by atoms with van der Waals surface area (Å²) in [6.45, 7) is 8.90. The molecule has 28 heavy (non-hydrogen) atoms. The Labute approximate surface area is 167 Å². The molecule has 0 saturated carbocycles. The fourth-order valence-corrected chi connectivity index (χ4v) is 3.61. The largest absolute Gasteiger partial charge is 0.497 e. The zero-order valence-electron chi connectivity index (χ0n) is 17.4. The van der Waals surface area contributed by atoms with Crippen LogP contribution in [0.3, 0.4) is 0 Å².